The standard InChI is InChI=1S/C15H10BrN3OS2/c1-7-8(2)21-15-12(7)14(20)18-13(19-15)9(6-17)5-10-3-4-11(16)22-10/h3-5H,1-2H3,(H,18,19,20)/b9-5+. The summed E-state index contributed by atoms with van der Waals surface area (Å²) < 4.78 is 0.984. The Balaban J connectivity index is 2.18. The van der Waals surface area contributed by atoms with Crippen LogP contribution in [0.25, 0.3) is 21.9 Å². The summed E-state index contributed by atoms with van der Waals surface area (Å²) >= 11 is 6.37. The summed E-state index contributed by atoms with van der Waals surface area (Å²) in [6, 6.07) is 5.93. The zero-order chi connectivity index (χ0) is 15.9. The van der Waals surface area contributed by atoms with Crippen LogP contribution in [0.1, 0.15) is 21.1 Å². The third-order valence-electron chi connectivity index (χ3n) is 3.30. The molecule has 22 heavy (non-hydrogen) atoms. The van der Waals surface area contributed by atoms with Gasteiger partial charge >= 0.3 is 0 Å². The monoisotopic (exact) mass is 391 g/mol. The molecule has 0 aromatic carbocycles. The van der Waals surface area contributed by atoms with Gasteiger partial charge in [-0.1, -0.05) is 0 Å². The van der Waals surface area contributed by atoms with Crippen molar-refractivity contribution in [3.8, 4) is 6.07 Å². The van der Waals surface area contributed by atoms with Gasteiger partial charge in [-0.2, -0.15) is 5.26 Å². The molecule has 0 atom stereocenters. The number of fused-ring (bicyclic) bond motifs is 1. The number of H-pyrrole nitrogens is 1. The molecule has 3 heterocycles. The van der Waals surface area contributed by atoms with Crippen LogP contribution in [0.3, 0.4) is 0 Å². The molecule has 0 aliphatic rings. The number of nitrogens with one attached hydrogen (secondary N) is 1. The first-order valence-electron chi connectivity index (χ1n) is 6.37. The molecule has 7 heteroatoms. The Morgan fingerprint density at radius 3 is 2.82 bits per heavy atom. The quantitative estimate of drug-likeness (QED) is 0.654. The van der Waals surface area contributed by atoms with Gasteiger partial charge in [0.1, 0.15) is 10.9 Å². The molecule has 0 radical (unpaired) electrons. The number of rotatable bonds is 2. The molecule has 3 aromatic rings. The van der Waals surface area contributed by atoms with Crippen LogP contribution in [0, 0.1) is 25.2 Å². The molecule has 0 spiro atoms. The number of thiophene rings is 2. The van der Waals surface area contributed by atoms with Crippen LogP contribution in [0.5, 0.6) is 0 Å². The van der Waals surface area contributed by atoms with Crippen LogP contribution in [0.4, 0.5) is 0 Å². The Morgan fingerprint density at radius 2 is 2.18 bits per heavy atom. The van der Waals surface area contributed by atoms with Crippen molar-refractivity contribution in [2.45, 2.75) is 13.8 Å². The highest BCUT2D eigenvalue weighted by molar-refractivity contribution is 9.11. The van der Waals surface area contributed by atoms with Gasteiger partial charge in [-0.15, -0.1) is 22.7 Å². The molecule has 0 bridgehead atoms. The number of halogens is 1. The molecule has 0 saturated carbocycles. The SMILES string of the molecule is Cc1sc2nc(/C(C#N)=C/c3ccc(Br)s3)[nH]c(=O)c2c1C. The van der Waals surface area contributed by atoms with Gasteiger partial charge in [-0.25, -0.2) is 4.98 Å². The van der Waals surface area contributed by atoms with E-state index in [1.54, 1.807) is 6.08 Å². The number of nitriles is 1. The van der Waals surface area contributed by atoms with E-state index in [1.165, 1.54) is 22.7 Å². The zero-order valence-electron chi connectivity index (χ0n) is 11.7. The van der Waals surface area contributed by atoms with Gasteiger partial charge in [0, 0.05) is 9.75 Å². The first-order chi connectivity index (χ1) is 10.5. The normalized spacial score (nSPS) is 11.8. The van der Waals surface area contributed by atoms with E-state index in [1.807, 2.05) is 26.0 Å². The fourth-order valence-corrected chi connectivity index (χ4v) is 4.48. The van der Waals surface area contributed by atoms with Crippen LogP contribution < -0.4 is 5.56 Å². The van der Waals surface area contributed by atoms with E-state index in [4.69, 9.17) is 0 Å². The summed E-state index contributed by atoms with van der Waals surface area (Å²) in [4.78, 5) is 22.1. The van der Waals surface area contributed by atoms with Crippen molar-refractivity contribution in [1.29, 1.82) is 5.26 Å². The number of aromatic amines is 1. The van der Waals surface area contributed by atoms with Gasteiger partial charge in [-0.3, -0.25) is 4.79 Å². The van der Waals surface area contributed by atoms with Crippen LogP contribution in [-0.4, -0.2) is 9.97 Å². The summed E-state index contributed by atoms with van der Waals surface area (Å²) in [6.45, 7) is 3.87. The summed E-state index contributed by atoms with van der Waals surface area (Å²) in [7, 11) is 0. The van der Waals surface area contributed by atoms with E-state index in [0.29, 0.717) is 21.6 Å². The van der Waals surface area contributed by atoms with Gasteiger partial charge in [0.2, 0.25) is 0 Å². The highest BCUT2D eigenvalue weighted by Crippen LogP contribution is 2.28. The minimum Gasteiger partial charge on any atom is -0.305 e. The lowest BCUT2D eigenvalue weighted by atomic mass is 10.2. The zero-order valence-corrected chi connectivity index (χ0v) is 14.9. The second-order valence-electron chi connectivity index (χ2n) is 4.69. The van der Waals surface area contributed by atoms with Crippen molar-refractivity contribution in [1.82, 2.24) is 9.97 Å². The van der Waals surface area contributed by atoms with Gasteiger partial charge in [0.15, 0.2) is 5.82 Å². The Kier molecular flexibility index (Phi) is 4.00. The number of hydrogen-bond acceptors (Lipinski definition) is 5. The molecular weight excluding hydrogens is 382 g/mol. The third kappa shape index (κ3) is 2.65. The summed E-state index contributed by atoms with van der Waals surface area (Å²) in [5.41, 5.74) is 1.09. The van der Waals surface area contributed by atoms with Crippen molar-refractivity contribution < 1.29 is 0 Å². The summed E-state index contributed by atoms with van der Waals surface area (Å²) in [5, 5.41) is 10.00. The second kappa shape index (κ2) is 5.80. The van der Waals surface area contributed by atoms with Gasteiger partial charge in [0.05, 0.1) is 14.7 Å². The maximum Gasteiger partial charge on any atom is 0.260 e. The number of nitrogens with zero attached hydrogens (tertiary/aromatic N) is 2. The lowest BCUT2D eigenvalue weighted by Gasteiger charge is -1.99. The summed E-state index contributed by atoms with van der Waals surface area (Å²) in [5.74, 6) is 0.311. The molecule has 1 N–H and O–H groups in total. The van der Waals surface area contributed by atoms with E-state index >= 15 is 0 Å². The lowest BCUT2D eigenvalue weighted by molar-refractivity contribution is 1.13. The van der Waals surface area contributed by atoms with Gasteiger partial charge in [0.25, 0.3) is 5.56 Å². The van der Waals surface area contributed by atoms with Crippen LogP contribution in [-0.2, 0) is 0 Å². The fourth-order valence-electron chi connectivity index (χ4n) is 2.08. The second-order valence-corrected chi connectivity index (χ2v) is 8.39. The lowest BCUT2D eigenvalue weighted by Crippen LogP contribution is -2.10. The van der Waals surface area contributed by atoms with Gasteiger partial charge < -0.3 is 4.98 Å². The van der Waals surface area contributed by atoms with E-state index in [0.717, 1.165) is 19.1 Å². The third-order valence-corrected chi connectivity index (χ3v) is 5.97. The first-order valence-corrected chi connectivity index (χ1v) is 8.79. The highest BCUT2D eigenvalue weighted by atomic mass is 79.9. The van der Waals surface area contributed by atoms with Crippen molar-refractivity contribution in [3.63, 3.8) is 0 Å². The first kappa shape index (κ1) is 15.2. The van der Waals surface area contributed by atoms with E-state index in [-0.39, 0.29) is 5.56 Å². The Hall–Kier alpha value is -1.75. The Bertz CT molecular complexity index is 1000. The molecule has 0 amide bonds. The average molecular weight is 392 g/mol. The molecule has 3 rings (SSSR count). The predicted molar refractivity (Wildman–Crippen MR) is 95.2 cm³/mol. The topological polar surface area (TPSA) is 69.5 Å². The molecule has 0 unspecified atom stereocenters. The number of allylic oxidation sites excluding steroid dienone is 1. The molecule has 110 valence electrons. The molecule has 0 aliphatic carbocycles. The number of hydrogen-bond donors (Lipinski definition) is 1. The van der Waals surface area contributed by atoms with Crippen molar-refractivity contribution in [3.05, 3.63) is 47.4 Å². The van der Waals surface area contributed by atoms with Crippen LogP contribution in [0.2, 0.25) is 0 Å². The van der Waals surface area contributed by atoms with Gasteiger partial charge in [-0.05, 0) is 53.5 Å². The maximum absolute atomic E-state index is 12.3. The molecule has 3 aromatic heterocycles. The Labute approximate surface area is 142 Å². The molecule has 0 saturated heterocycles. The van der Waals surface area contributed by atoms with Crippen LogP contribution in [0.15, 0.2) is 20.7 Å². The van der Waals surface area contributed by atoms with E-state index in [9.17, 15) is 10.1 Å². The number of aryl methyl sites for hydroxylation is 2. The highest BCUT2D eigenvalue weighted by Gasteiger charge is 2.14. The predicted octanol–water partition coefficient (Wildman–Crippen LogP) is 4.49. The van der Waals surface area contributed by atoms with Crippen molar-refractivity contribution in [2.75, 3.05) is 0 Å². The van der Waals surface area contributed by atoms with E-state index in [2.05, 4.69) is 32.0 Å². The molecule has 0 aliphatic heterocycles. The van der Waals surface area contributed by atoms with Crippen molar-refractivity contribution in [2.24, 2.45) is 0 Å². The molecule has 4 nitrogen and oxygen atoms in total. The van der Waals surface area contributed by atoms with E-state index < -0.39 is 0 Å². The summed E-state index contributed by atoms with van der Waals surface area (Å²) in [6.07, 6.45) is 1.73. The maximum atomic E-state index is 12.3. The number of aromatic nitrogens is 2. The smallest absolute Gasteiger partial charge is 0.260 e. The largest absolute Gasteiger partial charge is 0.305 e. The minimum atomic E-state index is -0.199. The van der Waals surface area contributed by atoms with Crippen LogP contribution >= 0.6 is 38.6 Å². The fraction of sp³-hybridized carbons (Fsp3) is 0.133. The Morgan fingerprint density at radius 1 is 1.41 bits per heavy atom. The molecular formula is C15H10BrN3OS2. The van der Waals surface area contributed by atoms with Crippen molar-refractivity contribution >= 4 is 60.5 Å². The minimum absolute atomic E-state index is 0.199. The molecule has 0 fully saturated rings. The average Bonchev–Trinajstić information content (AvgIpc) is 3.00.